The van der Waals surface area contributed by atoms with Gasteiger partial charge in [-0.2, -0.15) is 0 Å². The maximum absolute atomic E-state index is 11.4. The standard InChI is InChI=1S/C12H19N3O3/c1-3-4-12(11(16)17)5-6-15(8-12)7-10-14-13-9(2)18-10/h3-8H2,1-2H3,(H,16,17). The summed E-state index contributed by atoms with van der Waals surface area (Å²) in [7, 11) is 0. The van der Waals surface area contributed by atoms with Gasteiger partial charge in [0.2, 0.25) is 11.8 Å². The van der Waals surface area contributed by atoms with E-state index >= 15 is 0 Å². The molecule has 0 amide bonds. The molecule has 1 saturated heterocycles. The molecule has 0 radical (unpaired) electrons. The zero-order chi connectivity index (χ0) is 13.2. The normalized spacial score (nSPS) is 24.6. The van der Waals surface area contributed by atoms with Crippen molar-refractivity contribution in [2.75, 3.05) is 13.1 Å². The number of aliphatic carboxylic acids is 1. The number of aromatic nitrogens is 2. The van der Waals surface area contributed by atoms with Crippen molar-refractivity contribution in [3.05, 3.63) is 11.8 Å². The zero-order valence-corrected chi connectivity index (χ0v) is 10.8. The highest BCUT2D eigenvalue weighted by atomic mass is 16.4. The van der Waals surface area contributed by atoms with E-state index in [-0.39, 0.29) is 0 Å². The van der Waals surface area contributed by atoms with Crippen molar-refractivity contribution in [2.45, 2.75) is 39.7 Å². The first-order chi connectivity index (χ1) is 8.55. The van der Waals surface area contributed by atoms with Crippen LogP contribution in [0.4, 0.5) is 0 Å². The number of carboxylic acids is 1. The van der Waals surface area contributed by atoms with Gasteiger partial charge in [0.15, 0.2) is 0 Å². The van der Waals surface area contributed by atoms with Gasteiger partial charge in [-0.25, -0.2) is 0 Å². The number of rotatable bonds is 5. The highest BCUT2D eigenvalue weighted by Gasteiger charge is 2.44. The molecule has 100 valence electrons. The Balaban J connectivity index is 2.00. The van der Waals surface area contributed by atoms with E-state index in [9.17, 15) is 9.90 Å². The lowest BCUT2D eigenvalue weighted by Crippen LogP contribution is -2.34. The van der Waals surface area contributed by atoms with E-state index < -0.39 is 11.4 Å². The summed E-state index contributed by atoms with van der Waals surface area (Å²) in [5, 5.41) is 17.1. The fourth-order valence-corrected chi connectivity index (χ4v) is 2.65. The molecule has 1 aliphatic rings. The van der Waals surface area contributed by atoms with Gasteiger partial charge in [0.1, 0.15) is 0 Å². The SMILES string of the molecule is CCCC1(C(=O)O)CCN(Cc2nnc(C)o2)C1. The van der Waals surface area contributed by atoms with Gasteiger partial charge in [-0.05, 0) is 19.4 Å². The molecule has 1 atom stereocenters. The van der Waals surface area contributed by atoms with E-state index in [1.54, 1.807) is 6.92 Å². The molecule has 1 N–H and O–H groups in total. The van der Waals surface area contributed by atoms with Gasteiger partial charge in [0.25, 0.3) is 0 Å². The molecule has 0 bridgehead atoms. The van der Waals surface area contributed by atoms with Crippen LogP contribution in [0.1, 0.15) is 38.0 Å². The third-order valence-corrected chi connectivity index (χ3v) is 3.54. The summed E-state index contributed by atoms with van der Waals surface area (Å²) in [6, 6.07) is 0. The largest absolute Gasteiger partial charge is 0.481 e. The van der Waals surface area contributed by atoms with Crippen LogP contribution in [0.15, 0.2) is 4.42 Å². The number of carboxylic acid groups (broad SMARTS) is 1. The number of likely N-dealkylation sites (tertiary alicyclic amines) is 1. The van der Waals surface area contributed by atoms with Gasteiger partial charge >= 0.3 is 5.97 Å². The molecule has 0 saturated carbocycles. The van der Waals surface area contributed by atoms with Crippen molar-refractivity contribution < 1.29 is 14.3 Å². The summed E-state index contributed by atoms with van der Waals surface area (Å²) in [6.07, 6.45) is 2.31. The lowest BCUT2D eigenvalue weighted by Gasteiger charge is -2.23. The van der Waals surface area contributed by atoms with Crippen LogP contribution in [-0.2, 0) is 11.3 Å². The molecule has 0 spiro atoms. The second-order valence-electron chi connectivity index (χ2n) is 5.01. The molecule has 18 heavy (non-hydrogen) atoms. The average Bonchev–Trinajstić information content (AvgIpc) is 2.88. The van der Waals surface area contributed by atoms with Crippen LogP contribution in [0.5, 0.6) is 0 Å². The number of hydrogen-bond acceptors (Lipinski definition) is 5. The smallest absolute Gasteiger partial charge is 0.310 e. The monoisotopic (exact) mass is 253 g/mol. The fourth-order valence-electron chi connectivity index (χ4n) is 2.65. The first-order valence-electron chi connectivity index (χ1n) is 6.30. The van der Waals surface area contributed by atoms with E-state index in [0.717, 1.165) is 19.4 Å². The first kappa shape index (κ1) is 13.0. The summed E-state index contributed by atoms with van der Waals surface area (Å²) in [6.45, 7) is 5.65. The first-order valence-corrected chi connectivity index (χ1v) is 6.30. The Morgan fingerprint density at radius 2 is 2.33 bits per heavy atom. The molecule has 0 aromatic carbocycles. The van der Waals surface area contributed by atoms with Gasteiger partial charge in [-0.15, -0.1) is 10.2 Å². The van der Waals surface area contributed by atoms with Crippen molar-refractivity contribution >= 4 is 5.97 Å². The number of carbonyl (C=O) groups is 1. The minimum Gasteiger partial charge on any atom is -0.481 e. The van der Waals surface area contributed by atoms with Crippen molar-refractivity contribution in [1.82, 2.24) is 15.1 Å². The zero-order valence-electron chi connectivity index (χ0n) is 10.8. The van der Waals surface area contributed by atoms with Gasteiger partial charge in [-0.1, -0.05) is 13.3 Å². The lowest BCUT2D eigenvalue weighted by atomic mass is 9.83. The number of aryl methyl sites for hydroxylation is 1. The van der Waals surface area contributed by atoms with E-state index in [4.69, 9.17) is 4.42 Å². The highest BCUT2D eigenvalue weighted by molar-refractivity contribution is 5.75. The molecule has 1 fully saturated rings. The van der Waals surface area contributed by atoms with Gasteiger partial charge in [0.05, 0.1) is 12.0 Å². The third-order valence-electron chi connectivity index (χ3n) is 3.54. The Bertz CT molecular complexity index is 432. The van der Waals surface area contributed by atoms with Gasteiger partial charge in [-0.3, -0.25) is 9.69 Å². The Morgan fingerprint density at radius 1 is 1.56 bits per heavy atom. The molecule has 6 nitrogen and oxygen atoms in total. The maximum Gasteiger partial charge on any atom is 0.310 e. The van der Waals surface area contributed by atoms with Crippen molar-refractivity contribution in [3.8, 4) is 0 Å². The highest BCUT2D eigenvalue weighted by Crippen LogP contribution is 2.36. The predicted octanol–water partition coefficient (Wildman–Crippen LogP) is 1.45. The lowest BCUT2D eigenvalue weighted by molar-refractivity contribution is -0.148. The maximum atomic E-state index is 11.4. The second-order valence-corrected chi connectivity index (χ2v) is 5.01. The van der Waals surface area contributed by atoms with E-state index in [0.29, 0.717) is 31.3 Å². The Kier molecular flexibility index (Phi) is 3.65. The van der Waals surface area contributed by atoms with Gasteiger partial charge < -0.3 is 9.52 Å². The minimum absolute atomic E-state index is 0.541. The van der Waals surface area contributed by atoms with E-state index in [1.165, 1.54) is 0 Å². The molecule has 6 heteroatoms. The minimum atomic E-state index is -0.687. The fraction of sp³-hybridized carbons (Fsp3) is 0.750. The van der Waals surface area contributed by atoms with Crippen LogP contribution in [0.2, 0.25) is 0 Å². The van der Waals surface area contributed by atoms with Crippen LogP contribution < -0.4 is 0 Å². The summed E-state index contributed by atoms with van der Waals surface area (Å²) in [5.74, 6) is 0.418. The topological polar surface area (TPSA) is 79.5 Å². The summed E-state index contributed by atoms with van der Waals surface area (Å²) in [5.41, 5.74) is -0.593. The number of nitrogens with zero attached hydrogens (tertiary/aromatic N) is 3. The summed E-state index contributed by atoms with van der Waals surface area (Å²) < 4.78 is 5.32. The molecular formula is C12H19N3O3. The molecule has 1 aliphatic heterocycles. The second kappa shape index (κ2) is 5.06. The van der Waals surface area contributed by atoms with Crippen molar-refractivity contribution in [2.24, 2.45) is 5.41 Å². The van der Waals surface area contributed by atoms with E-state index in [1.807, 2.05) is 6.92 Å². The van der Waals surface area contributed by atoms with Crippen LogP contribution in [0.25, 0.3) is 0 Å². The molecular weight excluding hydrogens is 234 g/mol. The van der Waals surface area contributed by atoms with E-state index in [2.05, 4.69) is 15.1 Å². The molecule has 0 aliphatic carbocycles. The third kappa shape index (κ3) is 2.53. The van der Waals surface area contributed by atoms with Crippen molar-refractivity contribution in [1.29, 1.82) is 0 Å². The van der Waals surface area contributed by atoms with Crippen LogP contribution in [-0.4, -0.2) is 39.3 Å². The summed E-state index contributed by atoms with van der Waals surface area (Å²) in [4.78, 5) is 13.5. The molecule has 2 rings (SSSR count). The van der Waals surface area contributed by atoms with Crippen LogP contribution in [0.3, 0.4) is 0 Å². The molecule has 2 heterocycles. The van der Waals surface area contributed by atoms with Crippen LogP contribution >= 0.6 is 0 Å². The predicted molar refractivity (Wildman–Crippen MR) is 63.9 cm³/mol. The Hall–Kier alpha value is -1.43. The Morgan fingerprint density at radius 3 is 2.89 bits per heavy atom. The van der Waals surface area contributed by atoms with Crippen molar-refractivity contribution in [3.63, 3.8) is 0 Å². The average molecular weight is 253 g/mol. The van der Waals surface area contributed by atoms with Crippen LogP contribution in [0, 0.1) is 12.3 Å². The molecule has 1 unspecified atom stereocenters. The quantitative estimate of drug-likeness (QED) is 0.855. The van der Waals surface area contributed by atoms with Gasteiger partial charge in [0, 0.05) is 13.5 Å². The summed E-state index contributed by atoms with van der Waals surface area (Å²) >= 11 is 0. The molecule has 1 aromatic rings. The Labute approximate surface area is 106 Å². The molecule has 1 aromatic heterocycles. The number of hydrogen-bond donors (Lipinski definition) is 1.